The van der Waals surface area contributed by atoms with Crippen molar-refractivity contribution in [3.63, 3.8) is 0 Å². The lowest BCUT2D eigenvalue weighted by Gasteiger charge is -2.48. The lowest BCUT2D eigenvalue weighted by molar-refractivity contribution is -0.139. The van der Waals surface area contributed by atoms with Crippen molar-refractivity contribution >= 4 is 17.5 Å². The van der Waals surface area contributed by atoms with E-state index in [4.69, 9.17) is 11.6 Å². The normalized spacial score (nSPS) is 32.5. The maximum atomic E-state index is 13.8. The molecule has 5 atom stereocenters. The Kier molecular flexibility index (Phi) is 9.18. The van der Waals surface area contributed by atoms with Gasteiger partial charge in [-0.1, -0.05) is 58.1 Å². The van der Waals surface area contributed by atoms with Gasteiger partial charge in [0.25, 0.3) is 0 Å². The lowest BCUT2D eigenvalue weighted by Crippen LogP contribution is -2.57. The Balaban J connectivity index is 1.37. The summed E-state index contributed by atoms with van der Waals surface area (Å²) in [5, 5.41) is 7.35. The Hall–Kier alpha value is -1.14. The van der Waals surface area contributed by atoms with E-state index in [0.29, 0.717) is 17.9 Å². The van der Waals surface area contributed by atoms with Crippen molar-refractivity contribution in [3.05, 3.63) is 36.0 Å². The van der Waals surface area contributed by atoms with E-state index in [1.165, 1.54) is 12.0 Å². The summed E-state index contributed by atoms with van der Waals surface area (Å²) < 4.78 is 0. The van der Waals surface area contributed by atoms with Gasteiger partial charge in [0.15, 0.2) is 0 Å². The first-order chi connectivity index (χ1) is 16.8. The van der Waals surface area contributed by atoms with Crippen molar-refractivity contribution in [3.8, 4) is 0 Å². The monoisotopic (exact) mass is 502 g/mol. The minimum atomic E-state index is -0.149. The van der Waals surface area contributed by atoms with Crippen molar-refractivity contribution in [2.75, 3.05) is 45.8 Å². The molecule has 0 aromatic carbocycles. The molecule has 35 heavy (non-hydrogen) atoms. The third-order valence-electron chi connectivity index (χ3n) is 8.77. The summed E-state index contributed by atoms with van der Waals surface area (Å²) in [6.07, 6.45) is 15.6. The molecule has 6 heteroatoms. The van der Waals surface area contributed by atoms with Crippen LogP contribution in [0.5, 0.6) is 0 Å². The highest BCUT2D eigenvalue weighted by molar-refractivity contribution is 6.21. The fraction of sp³-hybridized carbons (Fsp3) is 0.759. The quantitative estimate of drug-likeness (QED) is 0.404. The third-order valence-corrected chi connectivity index (χ3v) is 9.13. The summed E-state index contributed by atoms with van der Waals surface area (Å²) in [5.74, 6) is 1.72. The van der Waals surface area contributed by atoms with Crippen LogP contribution in [0.1, 0.15) is 53.4 Å². The van der Waals surface area contributed by atoms with Crippen LogP contribution in [0.3, 0.4) is 0 Å². The van der Waals surface area contributed by atoms with E-state index in [2.05, 4.69) is 78.5 Å². The Labute approximate surface area is 218 Å². The van der Waals surface area contributed by atoms with Gasteiger partial charge >= 0.3 is 0 Å². The molecule has 0 saturated carbocycles. The van der Waals surface area contributed by atoms with Crippen molar-refractivity contribution < 1.29 is 4.79 Å². The fourth-order valence-electron chi connectivity index (χ4n) is 6.75. The van der Waals surface area contributed by atoms with Crippen molar-refractivity contribution in [1.29, 1.82) is 0 Å². The van der Waals surface area contributed by atoms with E-state index in [1.54, 1.807) is 0 Å². The van der Waals surface area contributed by atoms with Gasteiger partial charge in [-0.25, -0.2) is 0 Å². The zero-order chi connectivity index (χ0) is 25.0. The molecule has 2 heterocycles. The Morgan fingerprint density at radius 1 is 1.17 bits per heavy atom. The van der Waals surface area contributed by atoms with Crippen molar-refractivity contribution in [2.24, 2.45) is 23.2 Å². The molecule has 0 radical (unpaired) electrons. The number of carbonyl (C=O) groups is 1. The highest BCUT2D eigenvalue weighted by atomic mass is 35.5. The van der Waals surface area contributed by atoms with Crippen LogP contribution in [-0.2, 0) is 4.79 Å². The maximum absolute atomic E-state index is 13.8. The van der Waals surface area contributed by atoms with Gasteiger partial charge in [0, 0.05) is 51.9 Å². The predicted octanol–water partition coefficient (Wildman–Crippen LogP) is 4.21. The van der Waals surface area contributed by atoms with Gasteiger partial charge in [0.1, 0.15) is 0 Å². The molecule has 1 amide bonds. The molecule has 0 aromatic heterocycles. The number of piperidine rings is 1. The molecule has 4 unspecified atom stereocenters. The summed E-state index contributed by atoms with van der Waals surface area (Å²) in [5.41, 5.74) is 1.52. The molecule has 0 spiro atoms. The summed E-state index contributed by atoms with van der Waals surface area (Å²) in [6.45, 7) is 15.8. The SMILES string of the molecule is CC(C)[C@@H](NCC1=CC=CCC1N1CCNCC1)C(=O)N1CCC(C2C=CC(Cl)CC2)C(C)(C)C1. The number of likely N-dealkylation sites (tertiary alicyclic amines) is 1. The molecular formula is C29H47ClN4O. The van der Waals surface area contributed by atoms with E-state index >= 15 is 0 Å². The highest BCUT2D eigenvalue weighted by Crippen LogP contribution is 2.43. The van der Waals surface area contributed by atoms with Gasteiger partial charge in [-0.3, -0.25) is 9.69 Å². The molecule has 0 bridgehead atoms. The number of nitrogens with one attached hydrogen (secondary N) is 2. The van der Waals surface area contributed by atoms with Crippen LogP contribution in [0.2, 0.25) is 0 Å². The van der Waals surface area contributed by atoms with Gasteiger partial charge in [-0.05, 0) is 54.4 Å². The molecule has 2 N–H and O–H groups in total. The van der Waals surface area contributed by atoms with E-state index < -0.39 is 0 Å². The molecule has 5 nitrogen and oxygen atoms in total. The summed E-state index contributed by atoms with van der Waals surface area (Å²) in [4.78, 5) is 18.5. The molecule has 196 valence electrons. The Morgan fingerprint density at radius 2 is 1.94 bits per heavy atom. The molecule has 2 aliphatic carbocycles. The number of hydrogen-bond acceptors (Lipinski definition) is 4. The van der Waals surface area contributed by atoms with Crippen LogP contribution in [0.4, 0.5) is 0 Å². The molecule has 0 aromatic rings. The number of amides is 1. The molecular weight excluding hydrogens is 456 g/mol. The second-order valence-corrected chi connectivity index (χ2v) is 12.7. The fourth-order valence-corrected chi connectivity index (χ4v) is 6.96. The van der Waals surface area contributed by atoms with Gasteiger partial charge in [-0.2, -0.15) is 0 Å². The number of carbonyl (C=O) groups excluding carboxylic acids is 1. The van der Waals surface area contributed by atoms with E-state index in [0.717, 1.165) is 65.1 Å². The van der Waals surface area contributed by atoms with Crippen LogP contribution < -0.4 is 10.6 Å². The van der Waals surface area contributed by atoms with Crippen LogP contribution >= 0.6 is 11.6 Å². The molecule has 4 rings (SSSR count). The first-order valence-corrected chi connectivity index (χ1v) is 14.3. The summed E-state index contributed by atoms with van der Waals surface area (Å²) >= 11 is 6.30. The number of nitrogens with zero attached hydrogens (tertiary/aromatic N) is 2. The molecule has 2 aliphatic heterocycles. The van der Waals surface area contributed by atoms with Gasteiger partial charge in [-0.15, -0.1) is 11.6 Å². The first kappa shape index (κ1) is 26.9. The minimum absolute atomic E-state index is 0.105. The van der Waals surface area contributed by atoms with Crippen LogP contribution in [-0.4, -0.2) is 79.0 Å². The Bertz CT molecular complexity index is 813. The number of halogens is 1. The highest BCUT2D eigenvalue weighted by Gasteiger charge is 2.42. The van der Waals surface area contributed by atoms with E-state index in [9.17, 15) is 4.79 Å². The van der Waals surface area contributed by atoms with E-state index in [-0.39, 0.29) is 28.7 Å². The predicted molar refractivity (Wildman–Crippen MR) is 147 cm³/mol. The number of rotatable bonds is 7. The second kappa shape index (κ2) is 11.9. The number of alkyl halides is 1. The van der Waals surface area contributed by atoms with Crippen molar-refractivity contribution in [1.82, 2.24) is 20.4 Å². The van der Waals surface area contributed by atoms with Gasteiger partial charge in [0.2, 0.25) is 5.91 Å². The van der Waals surface area contributed by atoms with Gasteiger partial charge in [0.05, 0.1) is 11.4 Å². The third kappa shape index (κ3) is 6.60. The minimum Gasteiger partial charge on any atom is -0.341 e. The standard InChI is InChI=1S/C29H47ClN4O/c1-21(2)27(32-19-23-7-5-6-8-26(23)33-17-14-31-15-18-33)28(35)34-16-13-25(29(3,4)20-34)22-9-11-24(30)12-10-22/h5-7,9,11,21-22,24-27,31-32H,8,10,12-20H2,1-4H3/t22?,24?,25?,26?,27-/m1/s1. The van der Waals surface area contributed by atoms with Gasteiger partial charge < -0.3 is 15.5 Å². The zero-order valence-electron chi connectivity index (χ0n) is 22.3. The molecule has 4 aliphatic rings. The average Bonchev–Trinajstić information content (AvgIpc) is 2.85. The molecule has 2 fully saturated rings. The maximum Gasteiger partial charge on any atom is 0.239 e. The Morgan fingerprint density at radius 3 is 2.60 bits per heavy atom. The van der Waals surface area contributed by atoms with Crippen LogP contribution in [0.25, 0.3) is 0 Å². The lowest BCUT2D eigenvalue weighted by atomic mass is 9.65. The molecule has 2 saturated heterocycles. The smallest absolute Gasteiger partial charge is 0.239 e. The number of piperazine rings is 1. The largest absolute Gasteiger partial charge is 0.341 e. The van der Waals surface area contributed by atoms with Crippen LogP contribution in [0.15, 0.2) is 36.0 Å². The summed E-state index contributed by atoms with van der Waals surface area (Å²) in [6, 6.07) is 0.299. The van der Waals surface area contributed by atoms with Crippen LogP contribution in [0, 0.1) is 23.2 Å². The second-order valence-electron chi connectivity index (χ2n) is 12.1. The zero-order valence-corrected chi connectivity index (χ0v) is 23.1. The van der Waals surface area contributed by atoms with E-state index in [1.807, 2.05) is 0 Å². The van der Waals surface area contributed by atoms with Crippen molar-refractivity contribution in [2.45, 2.75) is 70.8 Å². The average molecular weight is 503 g/mol. The topological polar surface area (TPSA) is 47.6 Å². The number of hydrogen-bond donors (Lipinski definition) is 2. The number of allylic oxidation sites excluding steroid dienone is 4. The summed E-state index contributed by atoms with van der Waals surface area (Å²) in [7, 11) is 0. The first-order valence-electron chi connectivity index (χ1n) is 13.9.